The second-order valence-corrected chi connectivity index (χ2v) is 7.26. The summed E-state index contributed by atoms with van der Waals surface area (Å²) in [5.74, 6) is -0.127. The molecule has 0 fully saturated rings. The van der Waals surface area contributed by atoms with Crippen LogP contribution in [0.4, 0.5) is 5.69 Å². The number of anilines is 1. The fourth-order valence-electron chi connectivity index (χ4n) is 1.33. The minimum Gasteiger partial charge on any atom is -0.398 e. The first-order valence-electron chi connectivity index (χ1n) is 5.37. The first kappa shape index (κ1) is 14.8. The van der Waals surface area contributed by atoms with Gasteiger partial charge in [0.05, 0.1) is 27.8 Å². The molecule has 0 aliphatic heterocycles. The van der Waals surface area contributed by atoms with Gasteiger partial charge in [-0.2, -0.15) is 5.26 Å². The van der Waals surface area contributed by atoms with Crippen molar-refractivity contribution in [1.29, 1.82) is 5.26 Å². The fourth-order valence-corrected chi connectivity index (χ4v) is 3.30. The maximum absolute atomic E-state index is 12.1. The molecule has 0 amide bonds. The number of rotatable bonds is 4. The maximum Gasteiger partial charge on any atom is 0.180 e. The minimum absolute atomic E-state index is 0.0312. The average Bonchev–Trinajstić information content (AvgIpc) is 2.30. The van der Waals surface area contributed by atoms with Crippen LogP contribution in [0.15, 0.2) is 23.1 Å². The van der Waals surface area contributed by atoms with E-state index in [0.29, 0.717) is 5.02 Å². The second-order valence-electron chi connectivity index (χ2n) is 4.75. The Labute approximate surface area is 112 Å². The molecule has 0 aliphatic rings. The molecular weight excluding hydrogens is 272 g/mol. The molecule has 1 aromatic rings. The van der Waals surface area contributed by atoms with E-state index in [4.69, 9.17) is 22.6 Å². The predicted octanol–water partition coefficient (Wildman–Crippen LogP) is 2.64. The van der Waals surface area contributed by atoms with E-state index in [2.05, 4.69) is 6.07 Å². The Kier molecular flexibility index (Phi) is 4.25. The lowest BCUT2D eigenvalue weighted by atomic mass is 9.93. The first-order valence-corrected chi connectivity index (χ1v) is 7.40. The normalized spacial score (nSPS) is 12.1. The number of nitrogens with two attached hydrogens (primary N) is 1. The van der Waals surface area contributed by atoms with Gasteiger partial charge in [-0.3, -0.25) is 0 Å². The summed E-state index contributed by atoms with van der Waals surface area (Å²) in [7, 11) is -3.52. The van der Waals surface area contributed by atoms with Crippen LogP contribution in [-0.2, 0) is 9.84 Å². The van der Waals surface area contributed by atoms with Crippen LogP contribution in [0.5, 0.6) is 0 Å². The van der Waals surface area contributed by atoms with Crippen molar-refractivity contribution >= 4 is 27.1 Å². The van der Waals surface area contributed by atoms with E-state index in [1.165, 1.54) is 18.2 Å². The third-order valence-electron chi connectivity index (χ3n) is 2.61. The predicted molar refractivity (Wildman–Crippen MR) is 71.9 cm³/mol. The topological polar surface area (TPSA) is 84.0 Å². The Bertz CT molecular complexity index is 589. The van der Waals surface area contributed by atoms with Gasteiger partial charge in [-0.25, -0.2) is 8.42 Å². The zero-order chi connectivity index (χ0) is 14.0. The minimum atomic E-state index is -3.52. The molecule has 0 aromatic heterocycles. The van der Waals surface area contributed by atoms with Crippen LogP contribution in [-0.4, -0.2) is 14.2 Å². The average molecular weight is 287 g/mol. The van der Waals surface area contributed by atoms with Crippen molar-refractivity contribution in [3.63, 3.8) is 0 Å². The molecule has 2 N–H and O–H groups in total. The Morgan fingerprint density at radius 1 is 1.44 bits per heavy atom. The maximum atomic E-state index is 12.1. The number of hydrogen-bond donors (Lipinski definition) is 1. The summed E-state index contributed by atoms with van der Waals surface area (Å²) in [5.41, 5.74) is 5.14. The smallest absolute Gasteiger partial charge is 0.180 e. The Hall–Kier alpha value is -1.25. The van der Waals surface area contributed by atoms with Gasteiger partial charge in [0.15, 0.2) is 9.84 Å². The molecule has 0 unspecified atom stereocenters. The highest BCUT2D eigenvalue weighted by atomic mass is 35.5. The number of nitrogen functional groups attached to an aromatic ring is 1. The highest BCUT2D eigenvalue weighted by Gasteiger charge is 2.24. The molecule has 0 spiro atoms. The van der Waals surface area contributed by atoms with Crippen molar-refractivity contribution in [2.24, 2.45) is 5.41 Å². The van der Waals surface area contributed by atoms with Crippen LogP contribution in [0, 0.1) is 16.7 Å². The quantitative estimate of drug-likeness (QED) is 0.862. The van der Waals surface area contributed by atoms with Crippen LogP contribution >= 0.6 is 11.6 Å². The van der Waals surface area contributed by atoms with E-state index >= 15 is 0 Å². The van der Waals surface area contributed by atoms with Crippen LogP contribution in [0.3, 0.4) is 0 Å². The first-order chi connectivity index (χ1) is 8.18. The van der Waals surface area contributed by atoms with Gasteiger partial charge in [0.1, 0.15) is 0 Å². The Balaban J connectivity index is 3.02. The number of nitriles is 1. The molecule has 0 atom stereocenters. The third kappa shape index (κ3) is 3.62. The lowest BCUT2D eigenvalue weighted by Gasteiger charge is -2.15. The van der Waals surface area contributed by atoms with Gasteiger partial charge in [0.25, 0.3) is 0 Å². The third-order valence-corrected chi connectivity index (χ3v) is 4.61. The van der Waals surface area contributed by atoms with Gasteiger partial charge in [0, 0.05) is 5.02 Å². The Morgan fingerprint density at radius 2 is 2.06 bits per heavy atom. The number of benzene rings is 1. The zero-order valence-corrected chi connectivity index (χ0v) is 11.8. The molecule has 6 heteroatoms. The zero-order valence-electron chi connectivity index (χ0n) is 10.3. The highest BCUT2D eigenvalue weighted by molar-refractivity contribution is 7.91. The molecule has 0 aliphatic carbocycles. The summed E-state index contributed by atoms with van der Waals surface area (Å²) in [4.78, 5) is 0.0312. The SMILES string of the molecule is CC(C)(C#N)CCS(=O)(=O)c1cc(Cl)ccc1N. The monoisotopic (exact) mass is 286 g/mol. The lowest BCUT2D eigenvalue weighted by Crippen LogP contribution is -2.17. The van der Waals surface area contributed by atoms with Crippen LogP contribution in [0.1, 0.15) is 20.3 Å². The molecule has 4 nitrogen and oxygen atoms in total. The molecule has 0 saturated heterocycles. The molecule has 1 rings (SSSR count). The summed E-state index contributed by atoms with van der Waals surface area (Å²) < 4.78 is 24.2. The van der Waals surface area contributed by atoms with E-state index in [-0.39, 0.29) is 22.8 Å². The van der Waals surface area contributed by atoms with E-state index in [0.717, 1.165) is 0 Å². The summed E-state index contributed by atoms with van der Waals surface area (Å²) in [6.45, 7) is 3.40. The molecular formula is C12H15ClN2O2S. The Morgan fingerprint density at radius 3 is 2.61 bits per heavy atom. The van der Waals surface area contributed by atoms with Crippen molar-refractivity contribution < 1.29 is 8.42 Å². The highest BCUT2D eigenvalue weighted by Crippen LogP contribution is 2.27. The van der Waals surface area contributed by atoms with Crippen molar-refractivity contribution in [3.05, 3.63) is 23.2 Å². The van der Waals surface area contributed by atoms with Gasteiger partial charge in [-0.05, 0) is 38.5 Å². The molecule has 18 heavy (non-hydrogen) atoms. The standard InChI is InChI=1S/C12H15ClN2O2S/c1-12(2,8-14)5-6-18(16,17)11-7-9(13)3-4-10(11)15/h3-4,7H,5-6,15H2,1-2H3. The molecule has 0 saturated carbocycles. The summed E-state index contributed by atoms with van der Waals surface area (Å²) in [6.07, 6.45) is 0.248. The molecule has 0 bridgehead atoms. The fraction of sp³-hybridized carbons (Fsp3) is 0.417. The second kappa shape index (κ2) is 5.17. The largest absolute Gasteiger partial charge is 0.398 e. The molecule has 98 valence electrons. The number of sulfone groups is 1. The number of nitrogens with zero attached hydrogens (tertiary/aromatic N) is 1. The van der Waals surface area contributed by atoms with Crippen LogP contribution < -0.4 is 5.73 Å². The summed E-state index contributed by atoms with van der Waals surface area (Å²) >= 11 is 5.77. The van der Waals surface area contributed by atoms with E-state index in [1.54, 1.807) is 13.8 Å². The summed E-state index contributed by atoms with van der Waals surface area (Å²) in [5, 5.41) is 9.19. The van der Waals surface area contributed by atoms with E-state index < -0.39 is 15.3 Å². The lowest BCUT2D eigenvalue weighted by molar-refractivity contribution is 0.473. The molecule has 0 radical (unpaired) electrons. The van der Waals surface area contributed by atoms with Crippen LogP contribution in [0.2, 0.25) is 5.02 Å². The van der Waals surface area contributed by atoms with Gasteiger partial charge >= 0.3 is 0 Å². The van der Waals surface area contributed by atoms with E-state index in [9.17, 15) is 8.42 Å². The van der Waals surface area contributed by atoms with Gasteiger partial charge < -0.3 is 5.73 Å². The van der Waals surface area contributed by atoms with Gasteiger partial charge in [-0.1, -0.05) is 11.6 Å². The van der Waals surface area contributed by atoms with Crippen LogP contribution in [0.25, 0.3) is 0 Å². The number of hydrogen-bond acceptors (Lipinski definition) is 4. The number of halogens is 1. The molecule has 1 aromatic carbocycles. The van der Waals surface area contributed by atoms with Crippen molar-refractivity contribution in [2.75, 3.05) is 11.5 Å². The van der Waals surface area contributed by atoms with Crippen molar-refractivity contribution in [3.8, 4) is 6.07 Å². The molecule has 0 heterocycles. The van der Waals surface area contributed by atoms with Crippen molar-refractivity contribution in [2.45, 2.75) is 25.2 Å². The van der Waals surface area contributed by atoms with Gasteiger partial charge in [-0.15, -0.1) is 0 Å². The van der Waals surface area contributed by atoms with Gasteiger partial charge in [0.2, 0.25) is 0 Å². The van der Waals surface area contributed by atoms with E-state index in [1.807, 2.05) is 0 Å². The summed E-state index contributed by atoms with van der Waals surface area (Å²) in [6, 6.07) is 6.41. The van der Waals surface area contributed by atoms with Crippen molar-refractivity contribution in [1.82, 2.24) is 0 Å².